The molecule has 0 spiro atoms. The Kier molecular flexibility index (Phi) is 4.51. The van der Waals surface area contributed by atoms with Crippen molar-refractivity contribution in [3.8, 4) is 0 Å². The second kappa shape index (κ2) is 6.37. The summed E-state index contributed by atoms with van der Waals surface area (Å²) in [7, 11) is 0. The molecule has 0 aromatic heterocycles. The second-order valence-corrected chi connectivity index (χ2v) is 6.95. The SMILES string of the molecule is CC1CCC(CN2C(=O)CNC2c2cccc(Cl)c2)CC1. The van der Waals surface area contributed by atoms with Gasteiger partial charge in [-0.3, -0.25) is 10.1 Å². The molecular formula is C17H23ClN2O. The number of halogens is 1. The lowest BCUT2D eigenvalue weighted by Gasteiger charge is -2.32. The number of rotatable bonds is 3. The van der Waals surface area contributed by atoms with Crippen LogP contribution in [0, 0.1) is 11.8 Å². The number of benzene rings is 1. The number of amides is 1. The smallest absolute Gasteiger partial charge is 0.238 e. The lowest BCUT2D eigenvalue weighted by Crippen LogP contribution is -2.35. The molecule has 3 rings (SSSR count). The molecule has 1 aromatic carbocycles. The Balaban J connectivity index is 1.71. The van der Waals surface area contributed by atoms with Crippen molar-refractivity contribution in [3.63, 3.8) is 0 Å². The normalized spacial score (nSPS) is 29.9. The minimum atomic E-state index is -0.0180. The first-order chi connectivity index (χ1) is 10.1. The van der Waals surface area contributed by atoms with Gasteiger partial charge < -0.3 is 4.90 Å². The van der Waals surface area contributed by atoms with Crippen molar-refractivity contribution < 1.29 is 4.79 Å². The van der Waals surface area contributed by atoms with Crippen LogP contribution in [0.3, 0.4) is 0 Å². The van der Waals surface area contributed by atoms with Crippen molar-refractivity contribution in [1.29, 1.82) is 0 Å². The fourth-order valence-electron chi connectivity index (χ4n) is 3.51. The highest BCUT2D eigenvalue weighted by Gasteiger charge is 2.33. The van der Waals surface area contributed by atoms with E-state index >= 15 is 0 Å². The Morgan fingerprint density at radius 2 is 2.05 bits per heavy atom. The lowest BCUT2D eigenvalue weighted by molar-refractivity contribution is -0.128. The van der Waals surface area contributed by atoms with E-state index in [-0.39, 0.29) is 12.1 Å². The number of nitrogens with one attached hydrogen (secondary N) is 1. The monoisotopic (exact) mass is 306 g/mol. The molecule has 1 aliphatic carbocycles. The van der Waals surface area contributed by atoms with Crippen LogP contribution < -0.4 is 5.32 Å². The molecule has 1 aromatic rings. The van der Waals surface area contributed by atoms with Crippen molar-refractivity contribution >= 4 is 17.5 Å². The molecule has 3 nitrogen and oxygen atoms in total. The molecule has 2 fully saturated rings. The topological polar surface area (TPSA) is 32.3 Å². The average Bonchev–Trinajstić information content (AvgIpc) is 2.83. The van der Waals surface area contributed by atoms with E-state index in [2.05, 4.69) is 12.2 Å². The first-order valence-corrected chi connectivity index (χ1v) is 8.29. The van der Waals surface area contributed by atoms with E-state index in [1.807, 2.05) is 29.2 Å². The summed E-state index contributed by atoms with van der Waals surface area (Å²) in [4.78, 5) is 14.2. The maximum absolute atomic E-state index is 12.2. The third kappa shape index (κ3) is 3.41. The van der Waals surface area contributed by atoms with Gasteiger partial charge in [-0.1, -0.05) is 43.5 Å². The molecular weight excluding hydrogens is 284 g/mol. The summed E-state index contributed by atoms with van der Waals surface area (Å²) in [6.45, 7) is 3.63. The molecule has 1 aliphatic heterocycles. The van der Waals surface area contributed by atoms with Gasteiger partial charge in [0.2, 0.25) is 5.91 Å². The highest BCUT2D eigenvalue weighted by molar-refractivity contribution is 6.30. The van der Waals surface area contributed by atoms with Crippen molar-refractivity contribution in [2.75, 3.05) is 13.1 Å². The van der Waals surface area contributed by atoms with Gasteiger partial charge in [0.15, 0.2) is 0 Å². The number of carbonyl (C=O) groups excluding carboxylic acids is 1. The van der Waals surface area contributed by atoms with E-state index < -0.39 is 0 Å². The Morgan fingerprint density at radius 1 is 1.29 bits per heavy atom. The summed E-state index contributed by atoms with van der Waals surface area (Å²) in [5, 5.41) is 4.04. The number of carbonyl (C=O) groups is 1. The van der Waals surface area contributed by atoms with Crippen LogP contribution in [-0.4, -0.2) is 23.9 Å². The Hall–Kier alpha value is -1.06. The van der Waals surface area contributed by atoms with Gasteiger partial charge in [-0.15, -0.1) is 0 Å². The molecule has 21 heavy (non-hydrogen) atoms. The quantitative estimate of drug-likeness (QED) is 0.925. The van der Waals surface area contributed by atoms with Crippen molar-refractivity contribution in [2.24, 2.45) is 11.8 Å². The summed E-state index contributed by atoms with van der Waals surface area (Å²) < 4.78 is 0. The molecule has 1 N–H and O–H groups in total. The van der Waals surface area contributed by atoms with Crippen molar-refractivity contribution in [1.82, 2.24) is 10.2 Å². The molecule has 1 saturated carbocycles. The molecule has 1 atom stereocenters. The van der Waals surface area contributed by atoms with Gasteiger partial charge in [-0.2, -0.15) is 0 Å². The number of hydrogen-bond acceptors (Lipinski definition) is 2. The molecule has 4 heteroatoms. The molecule has 0 radical (unpaired) electrons. The van der Waals surface area contributed by atoms with Gasteiger partial charge in [-0.25, -0.2) is 0 Å². The molecule has 1 heterocycles. The zero-order valence-corrected chi connectivity index (χ0v) is 13.3. The van der Waals surface area contributed by atoms with E-state index in [9.17, 15) is 4.79 Å². The molecule has 1 unspecified atom stereocenters. The Morgan fingerprint density at radius 3 is 2.76 bits per heavy atom. The van der Waals surface area contributed by atoms with Crippen molar-refractivity contribution in [3.05, 3.63) is 34.9 Å². The van der Waals surface area contributed by atoms with Crippen molar-refractivity contribution in [2.45, 2.75) is 38.8 Å². The Bertz CT molecular complexity index is 511. The summed E-state index contributed by atoms with van der Waals surface area (Å²) in [6, 6.07) is 7.81. The predicted octanol–water partition coefficient (Wildman–Crippen LogP) is 3.60. The van der Waals surface area contributed by atoms with Gasteiger partial charge in [0.05, 0.1) is 6.54 Å². The fraction of sp³-hybridized carbons (Fsp3) is 0.588. The van der Waals surface area contributed by atoms with E-state index in [0.29, 0.717) is 12.5 Å². The maximum Gasteiger partial charge on any atom is 0.238 e. The zero-order chi connectivity index (χ0) is 14.8. The van der Waals surface area contributed by atoms with Crippen LogP contribution in [0.2, 0.25) is 5.02 Å². The molecule has 1 amide bonds. The van der Waals surface area contributed by atoms with Crippen LogP contribution in [0.5, 0.6) is 0 Å². The fourth-order valence-corrected chi connectivity index (χ4v) is 3.71. The van der Waals surface area contributed by atoms with Gasteiger partial charge in [0.1, 0.15) is 6.17 Å². The van der Waals surface area contributed by atoms with Gasteiger partial charge in [0.25, 0.3) is 0 Å². The van der Waals surface area contributed by atoms with Crippen LogP contribution in [0.4, 0.5) is 0 Å². The minimum Gasteiger partial charge on any atom is -0.322 e. The maximum atomic E-state index is 12.2. The molecule has 0 bridgehead atoms. The van der Waals surface area contributed by atoms with E-state index in [1.54, 1.807) is 0 Å². The van der Waals surface area contributed by atoms with Gasteiger partial charge in [0, 0.05) is 11.6 Å². The minimum absolute atomic E-state index is 0.0180. The second-order valence-electron chi connectivity index (χ2n) is 6.51. The van der Waals surface area contributed by atoms with E-state index in [1.165, 1.54) is 25.7 Å². The summed E-state index contributed by atoms with van der Waals surface area (Å²) in [5.41, 5.74) is 1.08. The summed E-state index contributed by atoms with van der Waals surface area (Å²) in [5.74, 6) is 1.70. The first kappa shape index (κ1) is 14.9. The van der Waals surface area contributed by atoms with Crippen LogP contribution >= 0.6 is 11.6 Å². The van der Waals surface area contributed by atoms with Crippen LogP contribution in [0.25, 0.3) is 0 Å². The van der Waals surface area contributed by atoms with Gasteiger partial charge >= 0.3 is 0 Å². The van der Waals surface area contributed by atoms with Gasteiger partial charge in [-0.05, 0) is 42.4 Å². The first-order valence-electron chi connectivity index (χ1n) is 7.92. The third-order valence-corrected chi connectivity index (χ3v) is 5.07. The number of nitrogens with zero attached hydrogens (tertiary/aromatic N) is 1. The van der Waals surface area contributed by atoms with Crippen LogP contribution in [-0.2, 0) is 4.79 Å². The average molecular weight is 307 g/mol. The molecule has 114 valence electrons. The van der Waals surface area contributed by atoms with Crippen LogP contribution in [0.15, 0.2) is 24.3 Å². The highest BCUT2D eigenvalue weighted by atomic mass is 35.5. The molecule has 1 saturated heterocycles. The summed E-state index contributed by atoms with van der Waals surface area (Å²) >= 11 is 6.08. The largest absolute Gasteiger partial charge is 0.322 e. The highest BCUT2D eigenvalue weighted by Crippen LogP contribution is 2.32. The van der Waals surface area contributed by atoms with E-state index in [4.69, 9.17) is 11.6 Å². The lowest BCUT2D eigenvalue weighted by atomic mass is 9.82. The van der Waals surface area contributed by atoms with Crippen LogP contribution in [0.1, 0.15) is 44.3 Å². The number of hydrogen-bond donors (Lipinski definition) is 1. The predicted molar refractivity (Wildman–Crippen MR) is 85.0 cm³/mol. The summed E-state index contributed by atoms with van der Waals surface area (Å²) in [6.07, 6.45) is 5.06. The third-order valence-electron chi connectivity index (χ3n) is 4.83. The standard InChI is InChI=1S/C17H23ClN2O/c1-12-5-7-13(8-6-12)11-20-16(21)10-19-17(20)14-3-2-4-15(18)9-14/h2-4,9,12-13,17,19H,5-8,10-11H2,1H3. The van der Waals surface area contributed by atoms with E-state index in [0.717, 1.165) is 23.0 Å². The Labute approximate surface area is 131 Å². The molecule has 2 aliphatic rings. The zero-order valence-electron chi connectivity index (χ0n) is 12.5.